The molecular formula is C35H37BN2Si. The molecule has 4 aromatic carbocycles. The van der Waals surface area contributed by atoms with Gasteiger partial charge in [-0.15, -0.1) is 0 Å². The summed E-state index contributed by atoms with van der Waals surface area (Å²) in [6.07, 6.45) is 8.23. The van der Waals surface area contributed by atoms with Crippen LogP contribution in [0.2, 0.25) is 0 Å². The quantitative estimate of drug-likeness (QED) is 0.183. The minimum Gasteiger partial charge on any atom is -0.326 e. The average molecular weight is 525 g/mol. The third-order valence-corrected chi connectivity index (χ3v) is 9.91. The van der Waals surface area contributed by atoms with Gasteiger partial charge >= 0.3 is 0 Å². The predicted octanol–water partition coefficient (Wildman–Crippen LogP) is 7.45. The summed E-state index contributed by atoms with van der Waals surface area (Å²) in [4.78, 5) is 4.37. The molecule has 0 aliphatic rings. The summed E-state index contributed by atoms with van der Waals surface area (Å²) in [5, 5.41) is -0.144. The smallest absolute Gasteiger partial charge is 0.0954 e. The summed E-state index contributed by atoms with van der Waals surface area (Å²) in [5.41, 5.74) is 9.10. The molecule has 0 amide bonds. The van der Waals surface area contributed by atoms with Gasteiger partial charge in [-0.1, -0.05) is 146 Å². The topological polar surface area (TPSA) is 17.8 Å². The van der Waals surface area contributed by atoms with Gasteiger partial charge in [0.15, 0.2) is 0 Å². The van der Waals surface area contributed by atoms with Crippen LogP contribution in [-0.2, 0) is 5.16 Å². The highest BCUT2D eigenvalue weighted by Gasteiger charge is 2.35. The van der Waals surface area contributed by atoms with Crippen molar-refractivity contribution in [2.45, 2.75) is 37.7 Å². The maximum Gasteiger partial charge on any atom is 0.0954 e. The first kappa shape index (κ1) is 28.1. The number of hydrogen-bond acceptors (Lipinski definition) is 1. The first-order chi connectivity index (χ1) is 19.2. The van der Waals surface area contributed by atoms with Crippen LogP contribution in [-0.4, -0.2) is 26.9 Å². The summed E-state index contributed by atoms with van der Waals surface area (Å²) < 4.78 is 2.31. The van der Waals surface area contributed by atoms with Gasteiger partial charge in [-0.3, -0.25) is 0 Å². The van der Waals surface area contributed by atoms with E-state index in [9.17, 15) is 0 Å². The lowest BCUT2D eigenvalue weighted by Gasteiger charge is -2.36. The Balaban J connectivity index is 0.000000212. The highest BCUT2D eigenvalue weighted by Crippen LogP contribution is 2.34. The molecular weight excluding hydrogens is 487 g/mol. The van der Waals surface area contributed by atoms with E-state index in [1.165, 1.54) is 11.1 Å². The Hall–Kier alpha value is -3.89. The lowest BCUT2D eigenvalue weighted by Crippen LogP contribution is -2.41. The first-order valence-electron chi connectivity index (χ1n) is 13.8. The maximum atomic E-state index is 6.12. The largest absolute Gasteiger partial charge is 0.326 e. The van der Waals surface area contributed by atoms with Crippen LogP contribution in [0.4, 0.5) is 0 Å². The molecule has 194 valence electrons. The third kappa shape index (κ3) is 6.96. The van der Waals surface area contributed by atoms with Gasteiger partial charge in [-0.25, -0.2) is 4.98 Å². The monoisotopic (exact) mass is 524 g/mol. The Morgan fingerprint density at radius 2 is 1.18 bits per heavy atom. The highest BCUT2D eigenvalue weighted by molar-refractivity contribution is 6.47. The first-order valence-corrected chi connectivity index (χ1v) is 15.3. The van der Waals surface area contributed by atoms with Crippen LogP contribution >= 0.6 is 0 Å². The number of rotatable bonds is 9. The van der Waals surface area contributed by atoms with Crippen molar-refractivity contribution in [3.63, 3.8) is 0 Å². The number of hydrogen-bond donors (Lipinski definition) is 0. The molecule has 0 unspecified atom stereocenters. The Morgan fingerprint density at radius 3 is 1.56 bits per heavy atom. The van der Waals surface area contributed by atoms with Crippen molar-refractivity contribution in [2.24, 2.45) is 0 Å². The molecule has 0 fully saturated rings. The standard InChI is InChI=1S/C22H26N2Si.C13H11B/c1-3-19(4-2)17-25-22(24-16-15-23-18-24,20-11-7-5-8-12-20)21-13-9-6-10-14-21;14-13(11-7-3-1-4-8-11)12-9-5-2-6-10-12/h5-18H,3-4,25H2,1-2H3;1-10,13H. The Bertz CT molecular complexity index is 1300. The molecule has 0 saturated carbocycles. The zero-order valence-corrected chi connectivity index (χ0v) is 24.4. The van der Waals surface area contributed by atoms with Gasteiger partial charge in [0.25, 0.3) is 0 Å². The predicted molar refractivity (Wildman–Crippen MR) is 169 cm³/mol. The van der Waals surface area contributed by atoms with E-state index in [4.69, 9.17) is 7.85 Å². The Kier molecular flexibility index (Phi) is 10.3. The summed E-state index contributed by atoms with van der Waals surface area (Å²) in [6.45, 7) is 4.52. The van der Waals surface area contributed by atoms with Gasteiger partial charge in [0, 0.05) is 12.4 Å². The molecule has 1 aromatic heterocycles. The van der Waals surface area contributed by atoms with E-state index in [2.05, 4.69) is 120 Å². The average Bonchev–Trinajstić information content (AvgIpc) is 3.57. The number of allylic oxidation sites excluding steroid dienone is 1. The molecule has 5 rings (SSSR count). The van der Waals surface area contributed by atoms with E-state index >= 15 is 0 Å². The zero-order chi connectivity index (χ0) is 27.3. The molecule has 0 bridgehead atoms. The van der Waals surface area contributed by atoms with Crippen LogP contribution < -0.4 is 0 Å². The van der Waals surface area contributed by atoms with Gasteiger partial charge in [0.1, 0.15) is 0 Å². The van der Waals surface area contributed by atoms with Crippen LogP contribution in [0, 0.1) is 0 Å². The molecule has 39 heavy (non-hydrogen) atoms. The van der Waals surface area contributed by atoms with Crippen molar-refractivity contribution in [2.75, 3.05) is 0 Å². The van der Waals surface area contributed by atoms with Crippen LogP contribution in [0.25, 0.3) is 0 Å². The molecule has 2 radical (unpaired) electrons. The van der Waals surface area contributed by atoms with Gasteiger partial charge in [0.05, 0.1) is 28.9 Å². The van der Waals surface area contributed by atoms with Crippen molar-refractivity contribution < 1.29 is 0 Å². The van der Waals surface area contributed by atoms with Gasteiger partial charge < -0.3 is 4.57 Å². The SMILES string of the molecule is CCC(=C[SiH2]C(c1ccccc1)(c1ccccc1)n1ccnc1)CC.[B]C(c1ccccc1)c1ccccc1. The molecule has 0 atom stereocenters. The van der Waals surface area contributed by atoms with Crippen LogP contribution in [0.5, 0.6) is 0 Å². The number of nitrogens with zero attached hydrogens (tertiary/aromatic N) is 2. The lowest BCUT2D eigenvalue weighted by atomic mass is 9.76. The Labute approximate surface area is 237 Å². The lowest BCUT2D eigenvalue weighted by molar-refractivity contribution is 0.596. The van der Waals surface area contributed by atoms with E-state index in [0.717, 1.165) is 24.0 Å². The highest BCUT2D eigenvalue weighted by atomic mass is 28.2. The minimum absolute atomic E-state index is 0.0163. The molecule has 5 aromatic rings. The van der Waals surface area contributed by atoms with Gasteiger partial charge in [-0.05, 0) is 40.9 Å². The summed E-state index contributed by atoms with van der Waals surface area (Å²) in [6, 6.07) is 42.0. The molecule has 2 nitrogen and oxygen atoms in total. The third-order valence-electron chi connectivity index (χ3n) is 7.36. The Morgan fingerprint density at radius 1 is 0.744 bits per heavy atom. The molecule has 0 N–H and O–H groups in total. The number of benzene rings is 4. The van der Waals surface area contributed by atoms with E-state index in [0.29, 0.717) is 0 Å². The van der Waals surface area contributed by atoms with Crippen molar-refractivity contribution in [1.82, 2.24) is 9.55 Å². The van der Waals surface area contributed by atoms with Crippen LogP contribution in [0.15, 0.2) is 151 Å². The summed E-state index contributed by atoms with van der Waals surface area (Å²) >= 11 is 0. The molecule has 0 aliphatic carbocycles. The fourth-order valence-electron chi connectivity index (χ4n) is 5.06. The second-order valence-electron chi connectivity index (χ2n) is 9.63. The van der Waals surface area contributed by atoms with Crippen molar-refractivity contribution >= 4 is 17.4 Å². The van der Waals surface area contributed by atoms with Gasteiger partial charge in [0.2, 0.25) is 0 Å². The van der Waals surface area contributed by atoms with Gasteiger partial charge in [-0.2, -0.15) is 0 Å². The molecule has 4 heteroatoms. The van der Waals surface area contributed by atoms with E-state index < -0.39 is 9.52 Å². The fraction of sp³-hybridized carbons (Fsp3) is 0.171. The molecule has 0 aliphatic heterocycles. The second kappa shape index (κ2) is 14.3. The minimum atomic E-state index is -0.656. The second-order valence-corrected chi connectivity index (χ2v) is 11.5. The molecule has 0 saturated heterocycles. The summed E-state index contributed by atoms with van der Waals surface area (Å²) in [5.74, 6) is -0.0163. The molecule has 0 spiro atoms. The van der Waals surface area contributed by atoms with E-state index in [1.54, 1.807) is 5.57 Å². The van der Waals surface area contributed by atoms with E-state index in [1.807, 2.05) is 48.9 Å². The van der Waals surface area contributed by atoms with Crippen LogP contribution in [0.3, 0.4) is 0 Å². The van der Waals surface area contributed by atoms with E-state index in [-0.39, 0.29) is 11.0 Å². The fourth-order valence-corrected chi connectivity index (χ4v) is 7.56. The summed E-state index contributed by atoms with van der Waals surface area (Å²) in [7, 11) is 5.46. The van der Waals surface area contributed by atoms with Crippen molar-refractivity contribution in [3.8, 4) is 0 Å². The maximum absolute atomic E-state index is 6.12. The van der Waals surface area contributed by atoms with Crippen molar-refractivity contribution in [3.05, 3.63) is 174 Å². The number of aromatic nitrogens is 2. The normalized spacial score (nSPS) is 11.3. The van der Waals surface area contributed by atoms with Crippen molar-refractivity contribution in [1.29, 1.82) is 0 Å². The van der Waals surface area contributed by atoms with Crippen LogP contribution in [0.1, 0.15) is 54.8 Å². The molecule has 1 heterocycles. The number of imidazole rings is 1. The zero-order valence-electron chi connectivity index (χ0n) is 23.0.